The Morgan fingerprint density at radius 3 is 2.92 bits per heavy atom. The van der Waals surface area contributed by atoms with Gasteiger partial charge < -0.3 is 4.90 Å². The van der Waals surface area contributed by atoms with Gasteiger partial charge in [0.2, 0.25) is 11.1 Å². The van der Waals surface area contributed by atoms with Crippen molar-refractivity contribution in [3.05, 3.63) is 29.8 Å². The largest absolute Gasteiger partial charge is 0.308 e. The fourth-order valence-electron chi connectivity index (χ4n) is 3.80. The number of carbonyl (C=O) groups excluding carboxylic acids is 1. The third-order valence-corrected chi connectivity index (χ3v) is 5.85. The third kappa shape index (κ3) is 2.81. The van der Waals surface area contributed by atoms with Crippen molar-refractivity contribution in [3.63, 3.8) is 0 Å². The molecular formula is C17H21N5OS. The highest BCUT2D eigenvalue weighted by atomic mass is 32.2. The van der Waals surface area contributed by atoms with Crippen LogP contribution in [0.5, 0.6) is 0 Å². The summed E-state index contributed by atoms with van der Waals surface area (Å²) in [5.74, 6) is 0.490. The Morgan fingerprint density at radius 2 is 2.08 bits per heavy atom. The molecule has 0 bridgehead atoms. The molecule has 0 spiro atoms. The summed E-state index contributed by atoms with van der Waals surface area (Å²) in [7, 11) is 0. The van der Waals surface area contributed by atoms with Crippen LogP contribution >= 0.6 is 11.8 Å². The predicted molar refractivity (Wildman–Crippen MR) is 93.1 cm³/mol. The van der Waals surface area contributed by atoms with E-state index >= 15 is 0 Å². The first-order valence-corrected chi connectivity index (χ1v) is 9.53. The fourth-order valence-corrected chi connectivity index (χ4v) is 4.60. The zero-order valence-corrected chi connectivity index (χ0v) is 14.6. The molecule has 1 aromatic carbocycles. The number of thioether (sulfide) groups is 1. The Morgan fingerprint density at radius 1 is 1.29 bits per heavy atom. The molecule has 126 valence electrons. The molecule has 6 nitrogen and oxygen atoms in total. The number of rotatable bonds is 4. The first kappa shape index (κ1) is 15.6. The Labute approximate surface area is 145 Å². The molecule has 4 rings (SSSR count). The second-order valence-corrected chi connectivity index (χ2v) is 7.52. The standard InChI is InChI=1S/C17H21N5OS/c1-12-10-13-6-2-5-9-15(13)21(12)16(23)11-24-17-18-19-20-22(17)14-7-3-4-8-14/h2,5-6,9,12,14H,3-4,7-8,10-11H2,1H3/t12-/m0/s1. The highest BCUT2D eigenvalue weighted by Crippen LogP contribution is 2.34. The molecule has 1 aliphatic carbocycles. The van der Waals surface area contributed by atoms with E-state index in [0.717, 1.165) is 30.1 Å². The van der Waals surface area contributed by atoms with Gasteiger partial charge in [0.1, 0.15) is 0 Å². The molecule has 0 radical (unpaired) electrons. The van der Waals surface area contributed by atoms with Gasteiger partial charge in [0.25, 0.3) is 0 Å². The molecule has 1 aliphatic heterocycles. The number of tetrazole rings is 1. The van der Waals surface area contributed by atoms with E-state index in [1.54, 1.807) is 0 Å². The average molecular weight is 343 g/mol. The van der Waals surface area contributed by atoms with E-state index in [-0.39, 0.29) is 11.9 Å². The minimum Gasteiger partial charge on any atom is -0.308 e. The highest BCUT2D eigenvalue weighted by Gasteiger charge is 2.31. The lowest BCUT2D eigenvalue weighted by atomic mass is 10.1. The second kappa shape index (κ2) is 6.55. The summed E-state index contributed by atoms with van der Waals surface area (Å²) >= 11 is 1.45. The van der Waals surface area contributed by atoms with E-state index in [4.69, 9.17) is 0 Å². The molecule has 24 heavy (non-hydrogen) atoms. The van der Waals surface area contributed by atoms with Crippen molar-refractivity contribution in [2.75, 3.05) is 10.7 Å². The molecule has 2 aliphatic rings. The molecule has 1 saturated carbocycles. The Kier molecular flexibility index (Phi) is 4.26. The quantitative estimate of drug-likeness (QED) is 0.799. The number of amides is 1. The minimum atomic E-state index is 0.124. The van der Waals surface area contributed by atoms with Crippen LogP contribution in [0.1, 0.15) is 44.2 Å². The third-order valence-electron chi connectivity index (χ3n) is 4.93. The molecule has 1 atom stereocenters. The number of carbonyl (C=O) groups is 1. The van der Waals surface area contributed by atoms with Gasteiger partial charge in [0.15, 0.2) is 0 Å². The summed E-state index contributed by atoms with van der Waals surface area (Å²) in [4.78, 5) is 14.7. The second-order valence-electron chi connectivity index (χ2n) is 6.58. The number of nitrogens with zero attached hydrogens (tertiary/aromatic N) is 5. The van der Waals surface area contributed by atoms with Gasteiger partial charge in [-0.1, -0.05) is 42.8 Å². The Balaban J connectivity index is 1.45. The molecule has 0 N–H and O–H groups in total. The monoisotopic (exact) mass is 343 g/mol. The van der Waals surface area contributed by atoms with Crippen LogP contribution in [-0.2, 0) is 11.2 Å². The number of para-hydroxylation sites is 1. The van der Waals surface area contributed by atoms with E-state index in [2.05, 4.69) is 28.5 Å². The number of hydrogen-bond acceptors (Lipinski definition) is 5. The number of hydrogen-bond donors (Lipinski definition) is 0. The van der Waals surface area contributed by atoms with Crippen LogP contribution in [0.15, 0.2) is 29.4 Å². The van der Waals surface area contributed by atoms with Gasteiger partial charge in [0, 0.05) is 11.7 Å². The minimum absolute atomic E-state index is 0.124. The molecule has 1 aromatic heterocycles. The van der Waals surface area contributed by atoms with E-state index < -0.39 is 0 Å². The summed E-state index contributed by atoms with van der Waals surface area (Å²) in [5.41, 5.74) is 2.30. The molecule has 2 aromatic rings. The van der Waals surface area contributed by atoms with E-state index in [1.165, 1.54) is 30.2 Å². The smallest absolute Gasteiger partial charge is 0.237 e. The summed E-state index contributed by atoms with van der Waals surface area (Å²) in [6.45, 7) is 2.10. The first-order chi connectivity index (χ1) is 11.7. The Hall–Kier alpha value is -1.89. The van der Waals surface area contributed by atoms with Crippen molar-refractivity contribution in [2.45, 2.75) is 56.3 Å². The lowest BCUT2D eigenvalue weighted by Gasteiger charge is -2.22. The predicted octanol–water partition coefficient (Wildman–Crippen LogP) is 2.86. The summed E-state index contributed by atoms with van der Waals surface area (Å²) < 4.78 is 1.91. The normalized spacial score (nSPS) is 20.5. The van der Waals surface area contributed by atoms with Crippen LogP contribution in [0.25, 0.3) is 0 Å². The van der Waals surface area contributed by atoms with Gasteiger partial charge in [-0.05, 0) is 48.2 Å². The Bertz CT molecular complexity index is 740. The highest BCUT2D eigenvalue weighted by molar-refractivity contribution is 7.99. The zero-order valence-electron chi connectivity index (χ0n) is 13.8. The number of fused-ring (bicyclic) bond motifs is 1. The van der Waals surface area contributed by atoms with Gasteiger partial charge in [0.05, 0.1) is 11.8 Å². The zero-order chi connectivity index (χ0) is 16.5. The van der Waals surface area contributed by atoms with Gasteiger partial charge in [-0.3, -0.25) is 4.79 Å². The van der Waals surface area contributed by atoms with Gasteiger partial charge in [-0.25, -0.2) is 4.68 Å². The van der Waals surface area contributed by atoms with Crippen molar-refractivity contribution in [3.8, 4) is 0 Å². The fraction of sp³-hybridized carbons (Fsp3) is 0.529. The van der Waals surface area contributed by atoms with Crippen LogP contribution in [0, 0.1) is 0 Å². The van der Waals surface area contributed by atoms with Crippen LogP contribution in [0.2, 0.25) is 0 Å². The number of aromatic nitrogens is 4. The van der Waals surface area contributed by atoms with Crippen molar-refractivity contribution in [1.82, 2.24) is 20.2 Å². The first-order valence-electron chi connectivity index (χ1n) is 8.54. The van der Waals surface area contributed by atoms with Crippen LogP contribution in [-0.4, -0.2) is 37.9 Å². The maximum Gasteiger partial charge on any atom is 0.237 e. The van der Waals surface area contributed by atoms with E-state index in [1.807, 2.05) is 27.8 Å². The maximum absolute atomic E-state index is 12.8. The number of benzene rings is 1. The average Bonchev–Trinajstić information content (AvgIpc) is 3.30. The number of anilines is 1. The van der Waals surface area contributed by atoms with Crippen LogP contribution < -0.4 is 4.90 Å². The molecule has 0 saturated heterocycles. The van der Waals surface area contributed by atoms with Crippen molar-refractivity contribution < 1.29 is 4.79 Å². The topological polar surface area (TPSA) is 63.9 Å². The summed E-state index contributed by atoms with van der Waals surface area (Å²) in [6.07, 6.45) is 5.64. The van der Waals surface area contributed by atoms with E-state index in [0.29, 0.717) is 11.8 Å². The van der Waals surface area contributed by atoms with E-state index in [9.17, 15) is 4.79 Å². The van der Waals surface area contributed by atoms with Crippen molar-refractivity contribution in [2.24, 2.45) is 0 Å². The maximum atomic E-state index is 12.8. The summed E-state index contributed by atoms with van der Waals surface area (Å²) in [6, 6.07) is 8.76. The van der Waals surface area contributed by atoms with Gasteiger partial charge >= 0.3 is 0 Å². The molecule has 2 heterocycles. The molecule has 1 fully saturated rings. The van der Waals surface area contributed by atoms with Gasteiger partial charge in [-0.2, -0.15) is 0 Å². The SMILES string of the molecule is C[C@H]1Cc2ccccc2N1C(=O)CSc1nnnn1C1CCCC1. The van der Waals surface area contributed by atoms with Crippen molar-refractivity contribution >= 4 is 23.4 Å². The van der Waals surface area contributed by atoms with Crippen LogP contribution in [0.4, 0.5) is 5.69 Å². The van der Waals surface area contributed by atoms with Crippen LogP contribution in [0.3, 0.4) is 0 Å². The van der Waals surface area contributed by atoms with Crippen molar-refractivity contribution in [1.29, 1.82) is 0 Å². The molecule has 0 unspecified atom stereocenters. The summed E-state index contributed by atoms with van der Waals surface area (Å²) in [5, 5.41) is 12.8. The van der Waals surface area contributed by atoms with Gasteiger partial charge in [-0.15, -0.1) is 5.10 Å². The lowest BCUT2D eigenvalue weighted by Crippen LogP contribution is -2.37. The molecule has 1 amide bonds. The lowest BCUT2D eigenvalue weighted by molar-refractivity contribution is -0.116. The molecule has 7 heteroatoms. The molecular weight excluding hydrogens is 322 g/mol.